The molecule has 18 heavy (non-hydrogen) atoms. The van der Waals surface area contributed by atoms with Crippen molar-refractivity contribution in [3.63, 3.8) is 0 Å². The number of aromatic hydroxyl groups is 1. The second-order valence-electron chi connectivity index (χ2n) is 4.90. The smallest absolute Gasteiger partial charge is 0.140 e. The summed E-state index contributed by atoms with van der Waals surface area (Å²) in [6.07, 6.45) is 4.99. The van der Waals surface area contributed by atoms with Gasteiger partial charge in [0, 0.05) is 17.2 Å². The van der Waals surface area contributed by atoms with E-state index in [1.807, 2.05) is 0 Å². The van der Waals surface area contributed by atoms with Gasteiger partial charge in [-0.25, -0.2) is 0 Å². The van der Waals surface area contributed by atoms with E-state index < -0.39 is 5.54 Å². The lowest BCUT2D eigenvalue weighted by molar-refractivity contribution is 0.291. The molecule has 0 atom stereocenters. The van der Waals surface area contributed by atoms with Crippen molar-refractivity contribution in [1.82, 2.24) is 0 Å². The highest BCUT2D eigenvalue weighted by molar-refractivity contribution is 5.53. The van der Waals surface area contributed by atoms with Gasteiger partial charge in [-0.1, -0.05) is 19.3 Å². The zero-order valence-electron chi connectivity index (χ0n) is 10.6. The molecular weight excluding hydrogens is 228 g/mol. The first-order valence-corrected chi connectivity index (χ1v) is 6.21. The maximum Gasteiger partial charge on any atom is 0.140 e. The number of nitriles is 1. The van der Waals surface area contributed by atoms with Gasteiger partial charge < -0.3 is 15.6 Å². The molecule has 1 aliphatic carbocycles. The van der Waals surface area contributed by atoms with Crippen molar-refractivity contribution in [2.75, 3.05) is 7.11 Å². The molecule has 0 unspecified atom stereocenters. The van der Waals surface area contributed by atoms with Gasteiger partial charge in [-0.3, -0.25) is 0 Å². The predicted molar refractivity (Wildman–Crippen MR) is 68.3 cm³/mol. The van der Waals surface area contributed by atoms with Gasteiger partial charge in [0.1, 0.15) is 17.6 Å². The van der Waals surface area contributed by atoms with Gasteiger partial charge >= 0.3 is 0 Å². The first-order valence-electron chi connectivity index (χ1n) is 6.21. The van der Waals surface area contributed by atoms with E-state index >= 15 is 0 Å². The molecule has 96 valence electrons. The lowest BCUT2D eigenvalue weighted by atomic mass is 9.76. The number of phenols is 1. The summed E-state index contributed by atoms with van der Waals surface area (Å²) in [6, 6.07) is 5.23. The Hall–Kier alpha value is -1.73. The predicted octanol–water partition coefficient (Wildman–Crippen LogP) is 2.39. The maximum atomic E-state index is 10.1. The molecular formula is C14H18N2O2. The summed E-state index contributed by atoms with van der Waals surface area (Å²) < 4.78 is 5.07. The highest BCUT2D eigenvalue weighted by Gasteiger charge is 2.32. The molecule has 0 aromatic heterocycles. The lowest BCUT2D eigenvalue weighted by Crippen LogP contribution is -2.38. The van der Waals surface area contributed by atoms with Crippen molar-refractivity contribution in [2.24, 2.45) is 5.73 Å². The summed E-state index contributed by atoms with van der Waals surface area (Å²) in [5.74, 6) is 0.508. The number of phenolic OH excluding ortho intramolecular Hbond substituents is 1. The van der Waals surface area contributed by atoms with Crippen molar-refractivity contribution in [2.45, 2.75) is 37.6 Å². The molecule has 1 aromatic rings. The zero-order valence-corrected chi connectivity index (χ0v) is 10.6. The number of nitrogens with zero attached hydrogens (tertiary/aromatic N) is 1. The molecule has 1 saturated carbocycles. The molecule has 3 N–H and O–H groups in total. The number of rotatable bonds is 2. The minimum absolute atomic E-state index is 0.121. The zero-order chi connectivity index (χ0) is 13.2. The molecule has 1 aromatic carbocycles. The molecule has 0 aliphatic heterocycles. The number of hydrogen-bond donors (Lipinski definition) is 2. The van der Waals surface area contributed by atoms with Crippen LogP contribution in [0, 0.1) is 11.3 Å². The molecule has 4 nitrogen and oxygen atoms in total. The van der Waals surface area contributed by atoms with Crippen molar-refractivity contribution in [3.05, 3.63) is 23.3 Å². The van der Waals surface area contributed by atoms with Crippen molar-refractivity contribution >= 4 is 0 Å². The average molecular weight is 246 g/mol. The maximum absolute atomic E-state index is 10.1. The molecule has 0 radical (unpaired) electrons. The molecule has 1 fully saturated rings. The van der Waals surface area contributed by atoms with Crippen molar-refractivity contribution in [1.29, 1.82) is 5.26 Å². The van der Waals surface area contributed by atoms with E-state index in [0.29, 0.717) is 16.9 Å². The Kier molecular flexibility index (Phi) is 3.44. The van der Waals surface area contributed by atoms with Crippen LogP contribution in [-0.4, -0.2) is 12.2 Å². The van der Waals surface area contributed by atoms with E-state index in [1.54, 1.807) is 6.07 Å². The normalized spacial score (nSPS) is 18.1. The van der Waals surface area contributed by atoms with Crippen LogP contribution in [0.3, 0.4) is 0 Å². The molecule has 0 amide bonds. The van der Waals surface area contributed by atoms with Gasteiger partial charge in [0.15, 0.2) is 0 Å². The number of ether oxygens (including phenoxy) is 1. The summed E-state index contributed by atoms with van der Waals surface area (Å²) >= 11 is 0. The van der Waals surface area contributed by atoms with Crippen LogP contribution in [0.15, 0.2) is 12.1 Å². The summed E-state index contributed by atoms with van der Waals surface area (Å²) in [6.45, 7) is 0. The molecule has 0 heterocycles. The third-order valence-corrected chi connectivity index (χ3v) is 3.72. The Morgan fingerprint density at radius 2 is 2.00 bits per heavy atom. The first kappa shape index (κ1) is 12.7. The third kappa shape index (κ3) is 2.14. The van der Waals surface area contributed by atoms with Crippen LogP contribution in [0.25, 0.3) is 0 Å². The average Bonchev–Trinajstić information content (AvgIpc) is 2.39. The topological polar surface area (TPSA) is 79.3 Å². The second-order valence-corrected chi connectivity index (χ2v) is 4.90. The molecule has 0 saturated heterocycles. The monoisotopic (exact) mass is 246 g/mol. The summed E-state index contributed by atoms with van der Waals surface area (Å²) in [7, 11) is 1.48. The number of benzene rings is 1. The van der Waals surface area contributed by atoms with Gasteiger partial charge in [0.05, 0.1) is 12.7 Å². The third-order valence-electron chi connectivity index (χ3n) is 3.72. The van der Waals surface area contributed by atoms with E-state index in [-0.39, 0.29) is 5.75 Å². The largest absolute Gasteiger partial charge is 0.507 e. The summed E-state index contributed by atoms with van der Waals surface area (Å²) in [4.78, 5) is 0. The lowest BCUT2D eigenvalue weighted by Gasteiger charge is -2.34. The van der Waals surface area contributed by atoms with Crippen molar-refractivity contribution in [3.8, 4) is 17.6 Å². The molecule has 1 aliphatic rings. The Balaban J connectivity index is 2.47. The fraction of sp³-hybridized carbons (Fsp3) is 0.500. The number of nitrogens with two attached hydrogens (primary N) is 1. The minimum atomic E-state index is -0.514. The van der Waals surface area contributed by atoms with E-state index in [0.717, 1.165) is 25.7 Å². The molecule has 0 bridgehead atoms. The quantitative estimate of drug-likeness (QED) is 0.839. The minimum Gasteiger partial charge on any atom is -0.507 e. The highest BCUT2D eigenvalue weighted by atomic mass is 16.5. The number of methoxy groups -OCH3 is 1. The number of hydrogen-bond acceptors (Lipinski definition) is 4. The Labute approximate surface area is 107 Å². The Bertz CT molecular complexity index is 485. The Morgan fingerprint density at radius 3 is 2.56 bits per heavy atom. The van der Waals surface area contributed by atoms with Gasteiger partial charge in [-0.2, -0.15) is 5.26 Å². The Morgan fingerprint density at radius 1 is 1.33 bits per heavy atom. The van der Waals surface area contributed by atoms with Crippen LogP contribution in [0.2, 0.25) is 0 Å². The van der Waals surface area contributed by atoms with Gasteiger partial charge in [0.25, 0.3) is 0 Å². The van der Waals surface area contributed by atoms with Gasteiger partial charge in [-0.05, 0) is 18.9 Å². The van der Waals surface area contributed by atoms with Gasteiger partial charge in [0.2, 0.25) is 0 Å². The second kappa shape index (κ2) is 4.87. The van der Waals surface area contributed by atoms with Crippen molar-refractivity contribution < 1.29 is 9.84 Å². The van der Waals surface area contributed by atoms with E-state index in [2.05, 4.69) is 6.07 Å². The standard InChI is InChI=1S/C14H18N2O2/c1-18-13-8-12(17)11(7-10(13)9-15)14(16)5-3-2-4-6-14/h7-8,17H,2-6,16H2,1H3. The highest BCUT2D eigenvalue weighted by Crippen LogP contribution is 2.41. The van der Waals surface area contributed by atoms with E-state index in [9.17, 15) is 5.11 Å². The first-order chi connectivity index (χ1) is 8.60. The van der Waals surface area contributed by atoms with Crippen LogP contribution in [0.4, 0.5) is 0 Å². The fourth-order valence-electron chi connectivity index (χ4n) is 2.68. The van der Waals surface area contributed by atoms with Crippen LogP contribution in [0.1, 0.15) is 43.2 Å². The fourth-order valence-corrected chi connectivity index (χ4v) is 2.68. The SMILES string of the molecule is COc1cc(O)c(C2(N)CCCCC2)cc1C#N. The molecule has 2 rings (SSSR count). The van der Waals surface area contributed by atoms with E-state index in [1.165, 1.54) is 19.6 Å². The van der Waals surface area contributed by atoms with Crippen LogP contribution in [0.5, 0.6) is 11.5 Å². The summed E-state index contributed by atoms with van der Waals surface area (Å²) in [5.41, 5.74) is 6.96. The summed E-state index contributed by atoms with van der Waals surface area (Å²) in [5, 5.41) is 19.2. The van der Waals surface area contributed by atoms with E-state index in [4.69, 9.17) is 15.7 Å². The molecule has 0 spiro atoms. The van der Waals surface area contributed by atoms with Crippen LogP contribution >= 0.6 is 0 Å². The van der Waals surface area contributed by atoms with Crippen LogP contribution in [-0.2, 0) is 5.54 Å². The van der Waals surface area contributed by atoms with Crippen LogP contribution < -0.4 is 10.5 Å². The molecule has 4 heteroatoms. The van der Waals surface area contributed by atoms with Gasteiger partial charge in [-0.15, -0.1) is 0 Å².